The summed E-state index contributed by atoms with van der Waals surface area (Å²) in [4.78, 5) is 24.7. The minimum Gasteiger partial charge on any atom is -0.322 e. The van der Waals surface area contributed by atoms with Gasteiger partial charge >= 0.3 is 6.03 Å². The van der Waals surface area contributed by atoms with Crippen LogP contribution >= 0.6 is 0 Å². The van der Waals surface area contributed by atoms with Gasteiger partial charge in [-0.05, 0) is 37.5 Å². The van der Waals surface area contributed by atoms with Gasteiger partial charge < -0.3 is 5.32 Å². The van der Waals surface area contributed by atoms with Crippen LogP contribution in [0.4, 0.5) is 13.6 Å². The Morgan fingerprint density at radius 1 is 1.08 bits per heavy atom. The number of halogens is 2. The molecule has 2 aromatic rings. The molecule has 0 spiro atoms. The largest absolute Gasteiger partial charge is 0.346 e. The monoisotopic (exact) mass is 357 g/mol. The Bertz CT molecular complexity index is 850. The van der Waals surface area contributed by atoms with Crippen molar-refractivity contribution in [2.75, 3.05) is 0 Å². The molecule has 26 heavy (non-hydrogen) atoms. The Kier molecular flexibility index (Phi) is 4.79. The minimum atomic E-state index is -1.13. The van der Waals surface area contributed by atoms with E-state index in [1.165, 1.54) is 6.07 Å². The van der Waals surface area contributed by atoms with Crippen LogP contribution in [0.5, 0.6) is 0 Å². The highest BCUT2D eigenvalue weighted by Crippen LogP contribution is 2.23. The average molecular weight is 357 g/mol. The summed E-state index contributed by atoms with van der Waals surface area (Å²) < 4.78 is 27.3. The molecule has 1 N–H and O–H groups in total. The lowest BCUT2D eigenvalue weighted by molar-refractivity contribution is -0.130. The molecule has 7 heteroatoms. The van der Waals surface area contributed by atoms with Gasteiger partial charge in [-0.1, -0.05) is 36.4 Å². The lowest BCUT2D eigenvalue weighted by Crippen LogP contribution is -2.44. The molecule has 0 bridgehead atoms. The van der Waals surface area contributed by atoms with Gasteiger partial charge in [0.2, 0.25) is 0 Å². The molecule has 1 heterocycles. The second-order valence-corrected chi connectivity index (χ2v) is 6.24. The quantitative estimate of drug-likeness (QED) is 0.660. The van der Waals surface area contributed by atoms with Gasteiger partial charge in [-0.15, -0.1) is 5.01 Å². The van der Waals surface area contributed by atoms with Crippen LogP contribution in [0.1, 0.15) is 24.5 Å². The van der Waals surface area contributed by atoms with Crippen molar-refractivity contribution < 1.29 is 18.4 Å². The van der Waals surface area contributed by atoms with E-state index in [1.54, 1.807) is 6.92 Å². The first-order valence-electron chi connectivity index (χ1n) is 8.09. The highest BCUT2D eigenvalue weighted by Gasteiger charge is 2.47. The fraction of sp³-hybridized carbons (Fsp3) is 0.211. The maximum atomic E-state index is 13.6. The lowest BCUT2D eigenvalue weighted by atomic mass is 9.93. The summed E-state index contributed by atoms with van der Waals surface area (Å²) in [5, 5.41) is 6.90. The molecular weight excluding hydrogens is 340 g/mol. The Balaban J connectivity index is 1.75. The first-order chi connectivity index (χ1) is 12.4. The fourth-order valence-electron chi connectivity index (χ4n) is 2.73. The molecule has 1 fully saturated rings. The molecule has 5 nitrogen and oxygen atoms in total. The van der Waals surface area contributed by atoms with Crippen LogP contribution in [-0.4, -0.2) is 28.7 Å². The number of hydrazone groups is 1. The third-order valence-corrected chi connectivity index (χ3v) is 4.30. The summed E-state index contributed by atoms with van der Waals surface area (Å²) in [5.74, 6) is -2.22. The first kappa shape index (κ1) is 17.7. The second-order valence-electron chi connectivity index (χ2n) is 6.24. The van der Waals surface area contributed by atoms with E-state index in [4.69, 9.17) is 0 Å². The van der Waals surface area contributed by atoms with Crippen molar-refractivity contribution in [3.63, 3.8) is 0 Å². The molecule has 1 saturated heterocycles. The van der Waals surface area contributed by atoms with Crippen LogP contribution in [-0.2, 0) is 11.2 Å². The summed E-state index contributed by atoms with van der Waals surface area (Å²) in [7, 11) is 0. The Morgan fingerprint density at radius 3 is 2.38 bits per heavy atom. The average Bonchev–Trinajstić information content (AvgIpc) is 2.84. The van der Waals surface area contributed by atoms with Crippen LogP contribution in [0.3, 0.4) is 0 Å². The van der Waals surface area contributed by atoms with Gasteiger partial charge in [-0.2, -0.15) is 5.10 Å². The van der Waals surface area contributed by atoms with E-state index >= 15 is 0 Å². The summed E-state index contributed by atoms with van der Waals surface area (Å²) in [6.07, 6.45) is 1.80. The van der Waals surface area contributed by atoms with Gasteiger partial charge in [0, 0.05) is 0 Å². The van der Waals surface area contributed by atoms with Crippen LogP contribution in [0, 0.1) is 11.6 Å². The smallest absolute Gasteiger partial charge is 0.322 e. The molecule has 1 atom stereocenters. The van der Waals surface area contributed by atoms with Crippen LogP contribution in [0.15, 0.2) is 53.6 Å². The van der Waals surface area contributed by atoms with Crippen molar-refractivity contribution >= 4 is 18.2 Å². The molecule has 0 aliphatic carbocycles. The number of carbonyl (C=O) groups is 2. The van der Waals surface area contributed by atoms with Gasteiger partial charge in [0.15, 0.2) is 0 Å². The summed E-state index contributed by atoms with van der Waals surface area (Å²) in [6.45, 7) is 1.61. The van der Waals surface area contributed by atoms with Crippen molar-refractivity contribution in [2.45, 2.75) is 25.3 Å². The fourth-order valence-corrected chi connectivity index (χ4v) is 2.73. The van der Waals surface area contributed by atoms with E-state index in [0.29, 0.717) is 17.9 Å². The Hall–Kier alpha value is -3.09. The van der Waals surface area contributed by atoms with E-state index in [-0.39, 0.29) is 0 Å². The van der Waals surface area contributed by atoms with E-state index in [2.05, 4.69) is 10.4 Å². The van der Waals surface area contributed by atoms with E-state index in [1.807, 2.05) is 30.3 Å². The number of rotatable bonds is 5. The number of urea groups is 1. The van der Waals surface area contributed by atoms with E-state index < -0.39 is 34.7 Å². The molecule has 134 valence electrons. The van der Waals surface area contributed by atoms with Crippen molar-refractivity contribution in [3.05, 3.63) is 71.3 Å². The zero-order chi connectivity index (χ0) is 18.7. The van der Waals surface area contributed by atoms with Crippen molar-refractivity contribution in [1.29, 1.82) is 0 Å². The highest BCUT2D eigenvalue weighted by atomic mass is 19.1. The zero-order valence-electron chi connectivity index (χ0n) is 14.1. The number of nitrogens with one attached hydrogen (secondary N) is 1. The molecule has 0 aromatic heterocycles. The summed E-state index contributed by atoms with van der Waals surface area (Å²) >= 11 is 0. The first-order valence-corrected chi connectivity index (χ1v) is 8.09. The Labute approximate surface area is 149 Å². The number of amides is 3. The number of hydrogen-bond acceptors (Lipinski definition) is 3. The normalized spacial score (nSPS) is 20.0. The number of carbonyl (C=O) groups excluding carboxylic acids is 2. The van der Waals surface area contributed by atoms with Crippen LogP contribution in [0.2, 0.25) is 0 Å². The summed E-state index contributed by atoms with van der Waals surface area (Å²) in [6, 6.07) is 12.2. The topological polar surface area (TPSA) is 61.8 Å². The van der Waals surface area contributed by atoms with Gasteiger partial charge in [0.25, 0.3) is 5.91 Å². The number of benzene rings is 2. The third kappa shape index (κ3) is 3.46. The lowest BCUT2D eigenvalue weighted by Gasteiger charge is -2.20. The van der Waals surface area contributed by atoms with Crippen molar-refractivity contribution in [1.82, 2.24) is 10.3 Å². The van der Waals surface area contributed by atoms with Crippen LogP contribution in [0.25, 0.3) is 0 Å². The number of hydrogen-bond donors (Lipinski definition) is 1. The summed E-state index contributed by atoms with van der Waals surface area (Å²) in [5.41, 5.74) is -0.505. The van der Waals surface area contributed by atoms with E-state index in [0.717, 1.165) is 23.9 Å². The van der Waals surface area contributed by atoms with Gasteiger partial charge in [-0.25, -0.2) is 13.6 Å². The molecular formula is C19H17F2N3O2. The SMILES string of the molecule is C[C@]1(CCc2ccccc2)NC(=O)N(/N=C\c2c(F)cccc2F)C1=O. The standard InChI is InChI=1S/C19H17F2N3O2/c1-19(11-10-13-6-3-2-4-7-13)17(25)24(18(26)23-19)22-12-14-15(20)8-5-9-16(14)21/h2-9,12H,10-11H2,1H3,(H,23,26)/b22-12-/t19-/m1/s1. The molecule has 0 radical (unpaired) electrons. The van der Waals surface area contributed by atoms with E-state index in [9.17, 15) is 18.4 Å². The minimum absolute atomic E-state index is 0.377. The second kappa shape index (κ2) is 7.03. The molecule has 3 amide bonds. The van der Waals surface area contributed by atoms with Gasteiger partial charge in [-0.3, -0.25) is 4.79 Å². The van der Waals surface area contributed by atoms with Crippen LogP contribution < -0.4 is 5.32 Å². The van der Waals surface area contributed by atoms with Gasteiger partial charge in [0.1, 0.15) is 17.2 Å². The van der Waals surface area contributed by atoms with Crippen molar-refractivity contribution in [3.8, 4) is 0 Å². The number of nitrogens with zero attached hydrogens (tertiary/aromatic N) is 2. The highest BCUT2D eigenvalue weighted by molar-refractivity contribution is 6.07. The molecule has 2 aromatic carbocycles. The third-order valence-electron chi connectivity index (χ3n) is 4.30. The van der Waals surface area contributed by atoms with Gasteiger partial charge in [0.05, 0.1) is 11.8 Å². The number of imide groups is 1. The molecule has 1 aliphatic rings. The molecule has 0 unspecified atom stereocenters. The predicted molar refractivity (Wildman–Crippen MR) is 92.5 cm³/mol. The van der Waals surface area contributed by atoms with Crippen molar-refractivity contribution in [2.24, 2.45) is 5.10 Å². The maximum Gasteiger partial charge on any atom is 0.346 e. The Morgan fingerprint density at radius 2 is 1.73 bits per heavy atom. The molecule has 0 saturated carbocycles. The molecule has 3 rings (SSSR count). The molecule has 1 aliphatic heterocycles. The zero-order valence-corrected chi connectivity index (χ0v) is 14.1. The number of aryl methyl sites for hydroxylation is 1. The maximum absolute atomic E-state index is 13.6. The predicted octanol–water partition coefficient (Wildman–Crippen LogP) is 3.24.